The number of unbranched alkanes of at least 4 members (excludes halogenated alkanes) is 1. The molecule has 5 heteroatoms. The Morgan fingerprint density at radius 2 is 1.85 bits per heavy atom. The van der Waals surface area contributed by atoms with Gasteiger partial charge in [0, 0.05) is 20.2 Å². The lowest BCUT2D eigenvalue weighted by Crippen LogP contribution is -2.47. The van der Waals surface area contributed by atoms with Crippen LogP contribution in [-0.4, -0.2) is 49.5 Å². The molecule has 4 nitrogen and oxygen atoms in total. The van der Waals surface area contributed by atoms with E-state index in [-0.39, 0.29) is 12.0 Å². The Balaban J connectivity index is 1.73. The first-order valence-corrected chi connectivity index (χ1v) is 10.3. The van der Waals surface area contributed by atoms with Gasteiger partial charge in [0.05, 0.1) is 20.6 Å². The lowest BCUT2D eigenvalue weighted by molar-refractivity contribution is -0.893. The summed E-state index contributed by atoms with van der Waals surface area (Å²) in [4.78, 5) is 12.8. The van der Waals surface area contributed by atoms with Crippen molar-refractivity contribution in [3.63, 3.8) is 0 Å². The summed E-state index contributed by atoms with van der Waals surface area (Å²) in [7, 11) is 4.26. The van der Waals surface area contributed by atoms with Gasteiger partial charge in [-0.15, -0.1) is 11.3 Å². The van der Waals surface area contributed by atoms with Crippen molar-refractivity contribution in [3.05, 3.63) is 52.7 Å². The molecule has 0 aliphatic rings. The Kier molecular flexibility index (Phi) is 6.15. The highest BCUT2D eigenvalue weighted by atomic mass is 32.1. The Bertz CT molecular complexity index is 980. The van der Waals surface area contributed by atoms with Gasteiger partial charge < -0.3 is 14.3 Å². The highest BCUT2D eigenvalue weighted by molar-refractivity contribution is 7.24. The SMILES string of the molecule is CCCC[N+](C)(C)CC(O)COc1ccc2sc3ccccc3c(=O)c2c1. The van der Waals surface area contributed by atoms with Crippen molar-refractivity contribution in [3.8, 4) is 5.75 Å². The molecular formula is C22H28NO3S+. The lowest BCUT2D eigenvalue weighted by Gasteiger charge is -2.31. The van der Waals surface area contributed by atoms with Crippen LogP contribution in [0.3, 0.4) is 0 Å². The second-order valence-corrected chi connectivity index (χ2v) is 8.83. The number of benzene rings is 2. The zero-order chi connectivity index (χ0) is 19.4. The molecule has 0 saturated carbocycles. The van der Waals surface area contributed by atoms with Gasteiger partial charge in [0.25, 0.3) is 0 Å². The molecule has 0 aliphatic heterocycles. The molecule has 3 rings (SSSR count). The van der Waals surface area contributed by atoms with Crippen LogP contribution in [0.2, 0.25) is 0 Å². The van der Waals surface area contributed by atoms with Gasteiger partial charge >= 0.3 is 0 Å². The number of aliphatic hydroxyl groups is 1. The first-order chi connectivity index (χ1) is 12.9. The fourth-order valence-electron chi connectivity index (χ4n) is 3.37. The van der Waals surface area contributed by atoms with Crippen LogP contribution in [0.25, 0.3) is 20.2 Å². The van der Waals surface area contributed by atoms with Crippen molar-refractivity contribution in [1.82, 2.24) is 0 Å². The summed E-state index contributed by atoms with van der Waals surface area (Å²) in [5.74, 6) is 0.625. The fraction of sp³-hybridized carbons (Fsp3) is 0.409. The summed E-state index contributed by atoms with van der Waals surface area (Å²) >= 11 is 1.61. The molecule has 144 valence electrons. The van der Waals surface area contributed by atoms with E-state index in [0.29, 0.717) is 17.7 Å². The number of quaternary nitrogens is 1. The number of hydrogen-bond donors (Lipinski definition) is 1. The molecule has 0 bridgehead atoms. The van der Waals surface area contributed by atoms with Gasteiger partial charge in [0.2, 0.25) is 0 Å². The van der Waals surface area contributed by atoms with E-state index in [1.165, 1.54) is 0 Å². The van der Waals surface area contributed by atoms with Gasteiger partial charge in [-0.1, -0.05) is 25.5 Å². The second-order valence-electron chi connectivity index (χ2n) is 7.75. The van der Waals surface area contributed by atoms with E-state index < -0.39 is 6.10 Å². The highest BCUT2D eigenvalue weighted by Gasteiger charge is 2.20. The summed E-state index contributed by atoms with van der Waals surface area (Å²) in [6, 6.07) is 13.3. The molecule has 0 aliphatic carbocycles. The molecule has 2 aromatic carbocycles. The van der Waals surface area contributed by atoms with Gasteiger partial charge in [-0.25, -0.2) is 0 Å². The van der Waals surface area contributed by atoms with Gasteiger partial charge in [0.1, 0.15) is 25.0 Å². The maximum Gasteiger partial charge on any atom is 0.196 e. The average Bonchev–Trinajstić information content (AvgIpc) is 2.65. The van der Waals surface area contributed by atoms with Crippen molar-refractivity contribution in [2.75, 3.05) is 33.8 Å². The van der Waals surface area contributed by atoms with Gasteiger partial charge in [0.15, 0.2) is 5.43 Å². The van der Waals surface area contributed by atoms with Gasteiger partial charge in [-0.3, -0.25) is 4.79 Å². The van der Waals surface area contributed by atoms with Crippen molar-refractivity contribution < 1.29 is 14.3 Å². The van der Waals surface area contributed by atoms with Gasteiger partial charge in [-0.2, -0.15) is 0 Å². The molecule has 0 spiro atoms. The van der Waals surface area contributed by atoms with Crippen LogP contribution in [-0.2, 0) is 0 Å². The Labute approximate surface area is 164 Å². The summed E-state index contributed by atoms with van der Waals surface area (Å²) < 4.78 is 8.51. The molecular weight excluding hydrogens is 358 g/mol. The van der Waals surface area contributed by atoms with E-state index in [0.717, 1.165) is 38.7 Å². The van der Waals surface area contributed by atoms with E-state index >= 15 is 0 Å². The number of aliphatic hydroxyl groups excluding tert-OH is 1. The maximum atomic E-state index is 12.8. The van der Waals surface area contributed by atoms with Crippen LogP contribution in [0.15, 0.2) is 47.3 Å². The predicted octanol–water partition coefficient (Wildman–Crippen LogP) is 4.03. The molecule has 27 heavy (non-hydrogen) atoms. The minimum absolute atomic E-state index is 0.0303. The maximum absolute atomic E-state index is 12.8. The van der Waals surface area contributed by atoms with Gasteiger partial charge in [-0.05, 0) is 36.8 Å². The van der Waals surface area contributed by atoms with Crippen LogP contribution >= 0.6 is 11.3 Å². The minimum Gasteiger partial charge on any atom is -0.491 e. The zero-order valence-corrected chi connectivity index (χ0v) is 17.1. The van der Waals surface area contributed by atoms with Crippen LogP contribution in [0.1, 0.15) is 19.8 Å². The number of likely N-dealkylation sites (N-methyl/N-ethyl adjacent to an activating group) is 1. The molecule has 0 amide bonds. The van der Waals surface area contributed by atoms with Crippen molar-refractivity contribution in [1.29, 1.82) is 0 Å². The summed E-state index contributed by atoms with van der Waals surface area (Å²) in [5, 5.41) is 11.8. The Morgan fingerprint density at radius 1 is 1.11 bits per heavy atom. The first-order valence-electron chi connectivity index (χ1n) is 9.48. The third-order valence-corrected chi connectivity index (χ3v) is 5.96. The average molecular weight is 387 g/mol. The fourth-order valence-corrected chi connectivity index (χ4v) is 4.42. The predicted molar refractivity (Wildman–Crippen MR) is 114 cm³/mol. The largest absolute Gasteiger partial charge is 0.491 e. The Morgan fingerprint density at radius 3 is 2.63 bits per heavy atom. The lowest BCUT2D eigenvalue weighted by atomic mass is 10.2. The molecule has 1 atom stereocenters. The minimum atomic E-state index is -0.543. The normalized spacial score (nSPS) is 13.2. The number of rotatable bonds is 8. The summed E-state index contributed by atoms with van der Waals surface area (Å²) in [5.41, 5.74) is 0.0303. The molecule has 1 N–H and O–H groups in total. The van der Waals surface area contributed by atoms with E-state index in [1.807, 2.05) is 36.4 Å². The van der Waals surface area contributed by atoms with E-state index in [4.69, 9.17) is 4.74 Å². The first kappa shape index (κ1) is 19.8. The third kappa shape index (κ3) is 4.86. The van der Waals surface area contributed by atoms with Crippen LogP contribution in [0, 0.1) is 0 Å². The monoisotopic (exact) mass is 386 g/mol. The van der Waals surface area contributed by atoms with Crippen LogP contribution in [0.5, 0.6) is 5.75 Å². The second kappa shape index (κ2) is 8.38. The molecule has 1 unspecified atom stereocenters. The molecule has 0 saturated heterocycles. The molecule has 1 aromatic heterocycles. The summed E-state index contributed by atoms with van der Waals surface area (Å²) in [6.07, 6.45) is 1.75. The van der Waals surface area contributed by atoms with Crippen molar-refractivity contribution in [2.45, 2.75) is 25.9 Å². The van der Waals surface area contributed by atoms with Crippen molar-refractivity contribution in [2.24, 2.45) is 0 Å². The van der Waals surface area contributed by atoms with Crippen molar-refractivity contribution >= 4 is 31.5 Å². The number of fused-ring (bicyclic) bond motifs is 2. The topological polar surface area (TPSA) is 46.5 Å². The van der Waals surface area contributed by atoms with E-state index in [2.05, 4.69) is 21.0 Å². The molecule has 3 aromatic rings. The number of ether oxygens (including phenoxy) is 1. The van der Waals surface area contributed by atoms with E-state index in [9.17, 15) is 9.90 Å². The zero-order valence-electron chi connectivity index (χ0n) is 16.3. The number of hydrogen-bond acceptors (Lipinski definition) is 4. The standard InChI is InChI=1S/C22H28NO3S/c1-4-5-12-23(2,3)14-16(24)15-26-17-10-11-21-19(13-17)22(25)18-8-6-7-9-20(18)27-21/h6-11,13,16,24H,4-5,12,14-15H2,1-3H3/q+1. The molecule has 0 radical (unpaired) electrons. The molecule has 0 fully saturated rings. The quantitative estimate of drug-likeness (QED) is 0.470. The van der Waals surface area contributed by atoms with Crippen LogP contribution in [0.4, 0.5) is 0 Å². The van der Waals surface area contributed by atoms with Crippen LogP contribution < -0.4 is 10.2 Å². The molecule has 1 heterocycles. The highest BCUT2D eigenvalue weighted by Crippen LogP contribution is 2.27. The van der Waals surface area contributed by atoms with E-state index in [1.54, 1.807) is 17.4 Å². The smallest absolute Gasteiger partial charge is 0.196 e. The third-order valence-electron chi connectivity index (χ3n) is 4.81. The number of nitrogens with zero attached hydrogens (tertiary/aromatic N) is 1. The Hall–Kier alpha value is -1.95. The summed E-state index contributed by atoms with van der Waals surface area (Å²) in [6.45, 7) is 4.09.